The van der Waals surface area contributed by atoms with Crippen LogP contribution in [0.25, 0.3) is 0 Å². The topological polar surface area (TPSA) is 56.1 Å². The van der Waals surface area contributed by atoms with E-state index in [0.717, 1.165) is 5.69 Å². The Morgan fingerprint density at radius 2 is 2.11 bits per heavy atom. The van der Waals surface area contributed by atoms with Crippen molar-refractivity contribution < 1.29 is 9.53 Å². The first-order valence-corrected chi connectivity index (χ1v) is 5.57. The Kier molecular flexibility index (Phi) is 3.32. The fraction of sp³-hybridized carbons (Fsp3) is 0.231. The molecular formula is C13H15N3O2. The molecule has 0 atom stereocenters. The van der Waals surface area contributed by atoms with E-state index in [1.807, 2.05) is 19.1 Å². The van der Waals surface area contributed by atoms with Crippen molar-refractivity contribution in [3.8, 4) is 5.75 Å². The van der Waals surface area contributed by atoms with Crippen LogP contribution in [0.4, 0.5) is 5.69 Å². The van der Waals surface area contributed by atoms with Crippen molar-refractivity contribution in [3.05, 3.63) is 41.7 Å². The zero-order valence-corrected chi connectivity index (χ0v) is 10.6. The van der Waals surface area contributed by atoms with Crippen LogP contribution in [-0.2, 0) is 7.05 Å². The quantitative estimate of drug-likeness (QED) is 0.899. The Balaban J connectivity index is 2.24. The molecule has 1 aromatic carbocycles. The normalized spacial score (nSPS) is 10.2. The molecule has 0 aliphatic heterocycles. The molecule has 1 aromatic heterocycles. The molecule has 2 aromatic rings. The molecule has 0 bridgehead atoms. The molecule has 0 unspecified atom stereocenters. The molecule has 94 valence electrons. The van der Waals surface area contributed by atoms with Crippen LogP contribution in [0.1, 0.15) is 16.2 Å². The third-order valence-electron chi connectivity index (χ3n) is 2.59. The first-order chi connectivity index (χ1) is 8.61. The maximum atomic E-state index is 12.1. The van der Waals surface area contributed by atoms with Crippen molar-refractivity contribution >= 4 is 11.6 Å². The van der Waals surface area contributed by atoms with Gasteiger partial charge in [-0.3, -0.25) is 9.48 Å². The minimum absolute atomic E-state index is 0.206. The highest BCUT2D eigenvalue weighted by molar-refractivity contribution is 6.03. The van der Waals surface area contributed by atoms with Gasteiger partial charge in [-0.2, -0.15) is 5.10 Å². The molecule has 0 spiro atoms. The van der Waals surface area contributed by atoms with Crippen LogP contribution in [0.5, 0.6) is 5.75 Å². The number of amides is 1. The predicted octanol–water partition coefficient (Wildman–Crippen LogP) is 1.99. The maximum absolute atomic E-state index is 12.1. The number of benzene rings is 1. The number of carbonyl (C=O) groups is 1. The highest BCUT2D eigenvalue weighted by atomic mass is 16.5. The average molecular weight is 245 g/mol. The summed E-state index contributed by atoms with van der Waals surface area (Å²) in [5, 5.41) is 6.95. The molecule has 5 heteroatoms. The summed E-state index contributed by atoms with van der Waals surface area (Å²) in [6.07, 6.45) is 0. The Bertz CT molecular complexity index is 575. The second-order valence-corrected chi connectivity index (χ2v) is 3.95. The first kappa shape index (κ1) is 12.2. The molecule has 18 heavy (non-hydrogen) atoms. The molecule has 1 heterocycles. The number of para-hydroxylation sites is 2. The number of hydrogen-bond acceptors (Lipinski definition) is 3. The van der Waals surface area contributed by atoms with Crippen molar-refractivity contribution in [1.82, 2.24) is 9.78 Å². The van der Waals surface area contributed by atoms with Gasteiger partial charge >= 0.3 is 0 Å². The van der Waals surface area contributed by atoms with Crippen LogP contribution in [0.3, 0.4) is 0 Å². The summed E-state index contributed by atoms with van der Waals surface area (Å²) in [5.74, 6) is 0.423. The van der Waals surface area contributed by atoms with E-state index in [1.54, 1.807) is 37.0 Å². The monoisotopic (exact) mass is 245 g/mol. The molecule has 5 nitrogen and oxygen atoms in total. The summed E-state index contributed by atoms with van der Waals surface area (Å²) in [4.78, 5) is 12.1. The summed E-state index contributed by atoms with van der Waals surface area (Å²) in [6.45, 7) is 1.85. The SMILES string of the molecule is COc1ccccc1NC(=O)c1cc(C)nn1C. The molecule has 0 radical (unpaired) electrons. The van der Waals surface area contributed by atoms with E-state index in [2.05, 4.69) is 10.4 Å². The van der Waals surface area contributed by atoms with Crippen LogP contribution < -0.4 is 10.1 Å². The lowest BCUT2D eigenvalue weighted by atomic mass is 10.2. The van der Waals surface area contributed by atoms with Gasteiger partial charge in [0.25, 0.3) is 5.91 Å². The van der Waals surface area contributed by atoms with Gasteiger partial charge in [0.05, 0.1) is 18.5 Å². The fourth-order valence-electron chi connectivity index (χ4n) is 1.76. The second kappa shape index (κ2) is 4.91. The number of ether oxygens (including phenoxy) is 1. The molecular weight excluding hydrogens is 230 g/mol. The van der Waals surface area contributed by atoms with E-state index in [9.17, 15) is 4.79 Å². The molecule has 0 fully saturated rings. The second-order valence-electron chi connectivity index (χ2n) is 3.95. The van der Waals surface area contributed by atoms with Crippen LogP contribution >= 0.6 is 0 Å². The Hall–Kier alpha value is -2.30. The van der Waals surface area contributed by atoms with Gasteiger partial charge in [-0.1, -0.05) is 12.1 Å². The molecule has 0 aliphatic carbocycles. The van der Waals surface area contributed by atoms with E-state index >= 15 is 0 Å². The van der Waals surface area contributed by atoms with Crippen molar-refractivity contribution in [2.75, 3.05) is 12.4 Å². The lowest BCUT2D eigenvalue weighted by molar-refractivity contribution is 0.101. The van der Waals surface area contributed by atoms with Gasteiger partial charge in [-0.25, -0.2) is 0 Å². The van der Waals surface area contributed by atoms with Crippen molar-refractivity contribution in [3.63, 3.8) is 0 Å². The highest BCUT2D eigenvalue weighted by Gasteiger charge is 2.13. The van der Waals surface area contributed by atoms with Crippen LogP contribution in [0.2, 0.25) is 0 Å². The largest absolute Gasteiger partial charge is 0.495 e. The van der Waals surface area contributed by atoms with Gasteiger partial charge in [0.15, 0.2) is 0 Å². The number of nitrogens with one attached hydrogen (secondary N) is 1. The van der Waals surface area contributed by atoms with Crippen LogP contribution in [-0.4, -0.2) is 22.8 Å². The number of nitrogens with zero attached hydrogens (tertiary/aromatic N) is 2. The molecule has 0 aliphatic rings. The van der Waals surface area contributed by atoms with E-state index in [1.165, 1.54) is 0 Å². The molecule has 0 saturated carbocycles. The number of rotatable bonds is 3. The summed E-state index contributed by atoms with van der Waals surface area (Å²) in [5.41, 5.74) is 1.96. The summed E-state index contributed by atoms with van der Waals surface area (Å²) >= 11 is 0. The van der Waals surface area contributed by atoms with Gasteiger partial charge in [0, 0.05) is 7.05 Å². The van der Waals surface area contributed by atoms with Gasteiger partial charge < -0.3 is 10.1 Å². The number of carbonyl (C=O) groups excluding carboxylic acids is 1. The minimum Gasteiger partial charge on any atom is -0.495 e. The summed E-state index contributed by atoms with van der Waals surface area (Å²) in [6, 6.07) is 9.02. The summed E-state index contributed by atoms with van der Waals surface area (Å²) < 4.78 is 6.74. The van der Waals surface area contributed by atoms with Gasteiger partial charge in [0.2, 0.25) is 0 Å². The van der Waals surface area contributed by atoms with Gasteiger partial charge in [-0.05, 0) is 25.1 Å². The zero-order valence-electron chi connectivity index (χ0n) is 10.6. The third-order valence-corrected chi connectivity index (χ3v) is 2.59. The number of methoxy groups -OCH3 is 1. The van der Waals surface area contributed by atoms with E-state index in [4.69, 9.17) is 4.74 Å². The molecule has 1 N–H and O–H groups in total. The fourth-order valence-corrected chi connectivity index (χ4v) is 1.76. The number of hydrogen-bond donors (Lipinski definition) is 1. The Morgan fingerprint density at radius 3 is 2.72 bits per heavy atom. The predicted molar refractivity (Wildman–Crippen MR) is 68.9 cm³/mol. The van der Waals surface area contributed by atoms with Gasteiger partial charge in [0.1, 0.15) is 11.4 Å². The zero-order chi connectivity index (χ0) is 13.1. The molecule has 1 amide bonds. The van der Waals surface area contributed by atoms with Gasteiger partial charge in [-0.15, -0.1) is 0 Å². The number of anilines is 1. The lowest BCUT2D eigenvalue weighted by Gasteiger charge is -2.09. The van der Waals surface area contributed by atoms with E-state index < -0.39 is 0 Å². The minimum atomic E-state index is -0.206. The average Bonchev–Trinajstić information content (AvgIpc) is 2.69. The first-order valence-electron chi connectivity index (χ1n) is 5.57. The summed E-state index contributed by atoms with van der Waals surface area (Å²) in [7, 11) is 3.31. The molecule has 0 saturated heterocycles. The standard InChI is InChI=1S/C13H15N3O2/c1-9-8-11(16(2)15-9)13(17)14-10-6-4-5-7-12(10)18-3/h4-8H,1-3H3,(H,14,17). The highest BCUT2D eigenvalue weighted by Crippen LogP contribution is 2.23. The molecule has 2 rings (SSSR count). The third kappa shape index (κ3) is 2.34. The van der Waals surface area contributed by atoms with Crippen LogP contribution in [0.15, 0.2) is 30.3 Å². The Morgan fingerprint density at radius 1 is 1.39 bits per heavy atom. The lowest BCUT2D eigenvalue weighted by Crippen LogP contribution is -2.16. The van der Waals surface area contributed by atoms with E-state index in [0.29, 0.717) is 17.1 Å². The van der Waals surface area contributed by atoms with Crippen molar-refractivity contribution in [2.45, 2.75) is 6.92 Å². The number of aromatic nitrogens is 2. The number of aryl methyl sites for hydroxylation is 2. The maximum Gasteiger partial charge on any atom is 0.274 e. The smallest absolute Gasteiger partial charge is 0.274 e. The van der Waals surface area contributed by atoms with Crippen molar-refractivity contribution in [1.29, 1.82) is 0 Å². The van der Waals surface area contributed by atoms with Crippen molar-refractivity contribution in [2.24, 2.45) is 7.05 Å². The Labute approximate surface area is 105 Å². The van der Waals surface area contributed by atoms with Crippen LogP contribution in [0, 0.1) is 6.92 Å². The van der Waals surface area contributed by atoms with E-state index in [-0.39, 0.29) is 5.91 Å².